The van der Waals surface area contributed by atoms with Crippen LogP contribution < -0.4 is 14.8 Å². The van der Waals surface area contributed by atoms with Crippen molar-refractivity contribution in [3.8, 4) is 11.5 Å². The van der Waals surface area contributed by atoms with Crippen LogP contribution in [0.25, 0.3) is 0 Å². The van der Waals surface area contributed by atoms with Gasteiger partial charge in [-0.1, -0.05) is 18.5 Å². The van der Waals surface area contributed by atoms with E-state index < -0.39 is 11.9 Å². The number of esters is 1. The molecule has 0 saturated carbocycles. The molecule has 0 saturated heterocycles. The number of Topliss-reactive ketones (excluding diaryl/α,β-unsaturated/α-hetero) is 1. The Bertz CT molecular complexity index is 949. The van der Waals surface area contributed by atoms with Crippen LogP contribution >= 0.6 is 11.6 Å². The van der Waals surface area contributed by atoms with E-state index in [0.717, 1.165) is 18.5 Å². The number of benzene rings is 1. The molecule has 4 rings (SSSR count). The molecule has 0 fully saturated rings. The Morgan fingerprint density at radius 1 is 1.31 bits per heavy atom. The normalized spacial score (nSPS) is 21.7. The minimum absolute atomic E-state index is 0.0267. The zero-order valence-electron chi connectivity index (χ0n) is 16.8. The second kappa shape index (κ2) is 7.75. The molecule has 6 nitrogen and oxygen atoms in total. The summed E-state index contributed by atoms with van der Waals surface area (Å²) in [7, 11) is 0. The SMILES string of the molecule is CC[C@H](C)OC(=O)C1=C(C)NC2=C(C(=O)CCC2)[C@@H]1c1cc2c(cc1Cl)OCO2. The van der Waals surface area contributed by atoms with E-state index in [1.165, 1.54) is 0 Å². The summed E-state index contributed by atoms with van der Waals surface area (Å²) in [6.07, 6.45) is 2.46. The fraction of sp³-hybridized carbons (Fsp3) is 0.455. The standard InChI is InChI=1S/C22H24ClNO5/c1-4-11(2)29-22(26)19-12(3)24-15-6-5-7-16(25)21(15)20(19)13-8-17-18(9-14(13)23)28-10-27-17/h8-9,11,20,24H,4-7,10H2,1-3H3/t11-,20+/m0/s1. The van der Waals surface area contributed by atoms with Crippen molar-refractivity contribution in [1.82, 2.24) is 5.32 Å². The summed E-state index contributed by atoms with van der Waals surface area (Å²) in [4.78, 5) is 26.1. The zero-order chi connectivity index (χ0) is 20.7. The summed E-state index contributed by atoms with van der Waals surface area (Å²) in [5, 5.41) is 3.71. The second-order valence-electron chi connectivity index (χ2n) is 7.62. The lowest BCUT2D eigenvalue weighted by molar-refractivity contribution is -0.144. The molecule has 154 valence electrons. The Labute approximate surface area is 174 Å². The minimum atomic E-state index is -0.599. The van der Waals surface area contributed by atoms with E-state index in [1.54, 1.807) is 12.1 Å². The van der Waals surface area contributed by atoms with Crippen molar-refractivity contribution in [2.75, 3.05) is 6.79 Å². The van der Waals surface area contributed by atoms with Crippen LogP contribution in [0.3, 0.4) is 0 Å². The summed E-state index contributed by atoms with van der Waals surface area (Å²) < 4.78 is 16.6. The second-order valence-corrected chi connectivity index (χ2v) is 8.02. The smallest absolute Gasteiger partial charge is 0.337 e. The number of ether oxygens (including phenoxy) is 3. The predicted octanol–water partition coefficient (Wildman–Crippen LogP) is 4.38. The highest BCUT2D eigenvalue weighted by Gasteiger charge is 2.41. The van der Waals surface area contributed by atoms with Crippen LogP contribution in [-0.4, -0.2) is 24.6 Å². The van der Waals surface area contributed by atoms with E-state index in [9.17, 15) is 9.59 Å². The van der Waals surface area contributed by atoms with Gasteiger partial charge in [0.05, 0.1) is 11.7 Å². The quantitative estimate of drug-likeness (QED) is 0.733. The van der Waals surface area contributed by atoms with Gasteiger partial charge >= 0.3 is 5.97 Å². The molecule has 1 N–H and O–H groups in total. The fourth-order valence-corrected chi connectivity index (χ4v) is 4.31. The minimum Gasteiger partial charge on any atom is -0.459 e. The van der Waals surface area contributed by atoms with Gasteiger partial charge in [-0.25, -0.2) is 4.79 Å². The maximum absolute atomic E-state index is 13.1. The predicted molar refractivity (Wildman–Crippen MR) is 108 cm³/mol. The number of rotatable bonds is 4. The van der Waals surface area contributed by atoms with Gasteiger partial charge in [-0.2, -0.15) is 0 Å². The van der Waals surface area contributed by atoms with Gasteiger partial charge in [0.1, 0.15) is 0 Å². The number of ketones is 1. The average molecular weight is 418 g/mol. The van der Waals surface area contributed by atoms with Crippen LogP contribution in [0, 0.1) is 0 Å². The molecular weight excluding hydrogens is 394 g/mol. The van der Waals surface area contributed by atoms with E-state index in [4.69, 9.17) is 25.8 Å². The van der Waals surface area contributed by atoms with Gasteiger partial charge in [0, 0.05) is 40.4 Å². The van der Waals surface area contributed by atoms with E-state index in [2.05, 4.69) is 5.32 Å². The number of allylic oxidation sites excluding steroid dienone is 3. The van der Waals surface area contributed by atoms with Crippen LogP contribution in [0.2, 0.25) is 5.02 Å². The first kappa shape index (κ1) is 19.8. The van der Waals surface area contributed by atoms with Gasteiger partial charge in [0.25, 0.3) is 0 Å². The summed E-state index contributed by atoms with van der Waals surface area (Å²) in [6, 6.07) is 3.46. The van der Waals surface area contributed by atoms with E-state index in [-0.39, 0.29) is 18.7 Å². The largest absolute Gasteiger partial charge is 0.459 e. The lowest BCUT2D eigenvalue weighted by atomic mass is 9.75. The number of carbonyl (C=O) groups is 2. The number of carbonyl (C=O) groups excluding carboxylic acids is 2. The zero-order valence-corrected chi connectivity index (χ0v) is 17.5. The van der Waals surface area contributed by atoms with Crippen molar-refractivity contribution in [2.45, 2.75) is 58.5 Å². The van der Waals surface area contributed by atoms with Crippen molar-refractivity contribution in [3.05, 3.63) is 45.3 Å². The molecule has 2 atom stereocenters. The molecule has 0 spiro atoms. The maximum Gasteiger partial charge on any atom is 0.337 e. The Balaban J connectivity index is 1.86. The van der Waals surface area contributed by atoms with Crippen molar-refractivity contribution in [1.29, 1.82) is 0 Å². The van der Waals surface area contributed by atoms with Crippen molar-refractivity contribution < 1.29 is 23.8 Å². The molecule has 2 heterocycles. The first-order valence-corrected chi connectivity index (χ1v) is 10.3. The molecule has 0 bridgehead atoms. The first-order chi connectivity index (χ1) is 13.9. The molecule has 7 heteroatoms. The lowest BCUT2D eigenvalue weighted by Crippen LogP contribution is -2.35. The van der Waals surface area contributed by atoms with Crippen LogP contribution in [0.5, 0.6) is 11.5 Å². The number of halogens is 1. The summed E-state index contributed by atoms with van der Waals surface area (Å²) in [6.45, 7) is 5.76. The van der Waals surface area contributed by atoms with Crippen LogP contribution in [0.15, 0.2) is 34.7 Å². The Morgan fingerprint density at radius 3 is 2.76 bits per heavy atom. The number of hydrogen-bond acceptors (Lipinski definition) is 6. The molecule has 0 radical (unpaired) electrons. The molecule has 29 heavy (non-hydrogen) atoms. The summed E-state index contributed by atoms with van der Waals surface area (Å²) >= 11 is 6.61. The molecule has 1 aromatic carbocycles. The first-order valence-electron chi connectivity index (χ1n) is 9.94. The van der Waals surface area contributed by atoms with E-state index >= 15 is 0 Å². The lowest BCUT2D eigenvalue weighted by Gasteiger charge is -2.34. The van der Waals surface area contributed by atoms with Gasteiger partial charge in [0.2, 0.25) is 6.79 Å². The highest BCUT2D eigenvalue weighted by Crippen LogP contribution is 2.48. The topological polar surface area (TPSA) is 73.9 Å². The van der Waals surface area contributed by atoms with Crippen molar-refractivity contribution >= 4 is 23.4 Å². The van der Waals surface area contributed by atoms with Crippen LogP contribution in [0.1, 0.15) is 57.9 Å². The summed E-state index contributed by atoms with van der Waals surface area (Å²) in [5.41, 5.74) is 3.21. The third kappa shape index (κ3) is 3.50. The van der Waals surface area contributed by atoms with E-state index in [0.29, 0.717) is 51.8 Å². The Hall–Kier alpha value is -2.47. The van der Waals surface area contributed by atoms with Crippen molar-refractivity contribution in [3.63, 3.8) is 0 Å². The maximum atomic E-state index is 13.1. The van der Waals surface area contributed by atoms with E-state index in [1.807, 2.05) is 20.8 Å². The molecule has 0 aromatic heterocycles. The third-order valence-corrected chi connectivity index (χ3v) is 6.01. The van der Waals surface area contributed by atoms with Gasteiger partial charge in [0.15, 0.2) is 17.3 Å². The number of fused-ring (bicyclic) bond motifs is 1. The van der Waals surface area contributed by atoms with Crippen LogP contribution in [-0.2, 0) is 14.3 Å². The van der Waals surface area contributed by atoms with Crippen LogP contribution in [0.4, 0.5) is 0 Å². The van der Waals surface area contributed by atoms with Gasteiger partial charge in [-0.05, 0) is 44.7 Å². The van der Waals surface area contributed by atoms with Gasteiger partial charge in [-0.15, -0.1) is 0 Å². The molecule has 0 amide bonds. The Morgan fingerprint density at radius 2 is 2.03 bits per heavy atom. The molecule has 2 aliphatic heterocycles. The number of hydrogen-bond donors (Lipinski definition) is 1. The highest BCUT2D eigenvalue weighted by atomic mass is 35.5. The molecule has 0 unspecified atom stereocenters. The molecular formula is C22H24ClNO5. The van der Waals surface area contributed by atoms with Gasteiger partial charge < -0.3 is 19.5 Å². The third-order valence-electron chi connectivity index (χ3n) is 5.68. The van der Waals surface area contributed by atoms with Gasteiger partial charge in [-0.3, -0.25) is 4.79 Å². The van der Waals surface area contributed by atoms with Crippen molar-refractivity contribution in [2.24, 2.45) is 0 Å². The number of dihydropyridines is 1. The molecule has 1 aromatic rings. The number of nitrogens with one attached hydrogen (secondary N) is 1. The fourth-order valence-electron chi connectivity index (χ4n) is 4.05. The molecule has 1 aliphatic carbocycles. The Kier molecular flexibility index (Phi) is 5.30. The monoisotopic (exact) mass is 417 g/mol. The average Bonchev–Trinajstić information content (AvgIpc) is 3.13. The summed E-state index contributed by atoms with van der Waals surface area (Å²) in [5.74, 6) is 0.103. The highest BCUT2D eigenvalue weighted by molar-refractivity contribution is 6.32. The molecule has 3 aliphatic rings.